The number of hydrogen-bond donors (Lipinski definition) is 0. The molecule has 3 heteroatoms. The summed E-state index contributed by atoms with van der Waals surface area (Å²) in [6.07, 6.45) is 0.190. The fourth-order valence-electron chi connectivity index (χ4n) is 2.61. The highest BCUT2D eigenvalue weighted by Gasteiger charge is 2.58. The Bertz CT molecular complexity index is 704. The summed E-state index contributed by atoms with van der Waals surface area (Å²) >= 11 is 1.73. The molecule has 0 amide bonds. The summed E-state index contributed by atoms with van der Waals surface area (Å²) in [5.41, 5.74) is 1.92. The van der Waals surface area contributed by atoms with Crippen LogP contribution in [0.2, 0.25) is 0 Å². The molecule has 94 valence electrons. The highest BCUT2D eigenvalue weighted by atomic mass is 32.1. The maximum atomic E-state index is 5.95. The van der Waals surface area contributed by atoms with E-state index in [4.69, 9.17) is 9.72 Å². The first-order valence-electron chi connectivity index (χ1n) is 6.40. The lowest BCUT2D eigenvalue weighted by molar-refractivity contribution is 0.332. The normalized spacial score (nSPS) is 25.6. The van der Waals surface area contributed by atoms with Gasteiger partial charge in [0.1, 0.15) is 5.01 Å². The number of thiazole rings is 1. The van der Waals surface area contributed by atoms with Gasteiger partial charge in [-0.2, -0.15) is 0 Å². The standard InChI is InChI=1S/C16H13NOS/c1-11-16(18-11,12-7-3-2-4-8-12)15-17-13-9-5-6-10-14(13)19-15/h2-11H,1H3/t11-,16+/m0/s1. The molecule has 1 aromatic heterocycles. The number of aromatic nitrogens is 1. The van der Waals surface area contributed by atoms with Gasteiger partial charge in [-0.1, -0.05) is 42.5 Å². The van der Waals surface area contributed by atoms with Gasteiger partial charge in [-0.15, -0.1) is 11.3 Å². The summed E-state index contributed by atoms with van der Waals surface area (Å²) in [6, 6.07) is 18.6. The van der Waals surface area contributed by atoms with Crippen molar-refractivity contribution < 1.29 is 4.74 Å². The van der Waals surface area contributed by atoms with Crippen molar-refractivity contribution in [1.82, 2.24) is 4.98 Å². The molecule has 1 fully saturated rings. The number of ether oxygens (including phenoxy) is 1. The van der Waals surface area contributed by atoms with E-state index < -0.39 is 0 Å². The van der Waals surface area contributed by atoms with Crippen LogP contribution < -0.4 is 0 Å². The molecule has 0 bridgehead atoms. The molecule has 4 rings (SSSR count). The van der Waals surface area contributed by atoms with E-state index in [2.05, 4.69) is 49.4 Å². The second kappa shape index (κ2) is 3.89. The predicted octanol–water partition coefficient (Wildman–Crippen LogP) is 3.96. The van der Waals surface area contributed by atoms with Gasteiger partial charge in [0, 0.05) is 0 Å². The van der Waals surface area contributed by atoms with E-state index in [9.17, 15) is 0 Å². The van der Waals surface area contributed by atoms with Crippen molar-refractivity contribution in [3.8, 4) is 0 Å². The minimum absolute atomic E-state index is 0.190. The summed E-state index contributed by atoms with van der Waals surface area (Å²) in [7, 11) is 0. The summed E-state index contributed by atoms with van der Waals surface area (Å²) in [6.45, 7) is 2.11. The molecule has 1 saturated heterocycles. The summed E-state index contributed by atoms with van der Waals surface area (Å²) in [4.78, 5) is 4.77. The van der Waals surface area contributed by atoms with E-state index in [1.165, 1.54) is 10.3 Å². The Hall–Kier alpha value is -1.71. The first-order valence-corrected chi connectivity index (χ1v) is 7.22. The number of nitrogens with zero attached hydrogens (tertiary/aromatic N) is 1. The van der Waals surface area contributed by atoms with Crippen LogP contribution in [-0.4, -0.2) is 11.1 Å². The molecule has 3 aromatic rings. The summed E-state index contributed by atoms with van der Waals surface area (Å²) < 4.78 is 7.17. The van der Waals surface area contributed by atoms with Crippen molar-refractivity contribution in [2.24, 2.45) is 0 Å². The van der Waals surface area contributed by atoms with E-state index in [-0.39, 0.29) is 11.7 Å². The van der Waals surface area contributed by atoms with Crippen LogP contribution in [0, 0.1) is 0 Å². The number of fused-ring (bicyclic) bond motifs is 1. The van der Waals surface area contributed by atoms with E-state index in [0.29, 0.717) is 0 Å². The second-order valence-electron chi connectivity index (χ2n) is 4.85. The van der Waals surface area contributed by atoms with E-state index in [1.807, 2.05) is 12.1 Å². The van der Waals surface area contributed by atoms with Crippen LogP contribution >= 0.6 is 11.3 Å². The average Bonchev–Trinajstić information content (AvgIpc) is 2.96. The molecule has 0 radical (unpaired) electrons. The Morgan fingerprint density at radius 2 is 1.74 bits per heavy atom. The summed E-state index contributed by atoms with van der Waals surface area (Å²) in [5.74, 6) is 0. The van der Waals surface area contributed by atoms with Crippen molar-refractivity contribution in [3.63, 3.8) is 0 Å². The third-order valence-corrected chi connectivity index (χ3v) is 4.85. The molecule has 2 heterocycles. The maximum Gasteiger partial charge on any atom is 0.171 e. The lowest BCUT2D eigenvalue weighted by Crippen LogP contribution is -2.13. The van der Waals surface area contributed by atoms with Gasteiger partial charge in [0.2, 0.25) is 0 Å². The monoisotopic (exact) mass is 267 g/mol. The van der Waals surface area contributed by atoms with Crippen LogP contribution in [0.5, 0.6) is 0 Å². The fraction of sp³-hybridized carbons (Fsp3) is 0.188. The van der Waals surface area contributed by atoms with E-state index in [1.54, 1.807) is 11.3 Å². The summed E-state index contributed by atoms with van der Waals surface area (Å²) in [5, 5.41) is 1.06. The van der Waals surface area contributed by atoms with Gasteiger partial charge in [0.25, 0.3) is 0 Å². The molecule has 0 spiro atoms. The molecule has 2 aromatic carbocycles. The van der Waals surface area contributed by atoms with Crippen molar-refractivity contribution in [2.75, 3.05) is 0 Å². The molecule has 0 aliphatic carbocycles. The van der Waals surface area contributed by atoms with Crippen LogP contribution in [0.15, 0.2) is 54.6 Å². The maximum absolute atomic E-state index is 5.95. The highest BCUT2D eigenvalue weighted by molar-refractivity contribution is 7.18. The van der Waals surface area contributed by atoms with E-state index in [0.717, 1.165) is 10.5 Å². The van der Waals surface area contributed by atoms with Crippen molar-refractivity contribution in [1.29, 1.82) is 0 Å². The number of benzene rings is 2. The second-order valence-corrected chi connectivity index (χ2v) is 5.88. The zero-order chi connectivity index (χ0) is 12.9. The smallest absolute Gasteiger partial charge is 0.171 e. The highest BCUT2D eigenvalue weighted by Crippen LogP contribution is 2.53. The van der Waals surface area contributed by atoms with Crippen molar-refractivity contribution in [2.45, 2.75) is 18.6 Å². The molecule has 1 aliphatic rings. The van der Waals surface area contributed by atoms with E-state index >= 15 is 0 Å². The van der Waals surface area contributed by atoms with Gasteiger partial charge in [0.05, 0.1) is 16.3 Å². The molecule has 0 unspecified atom stereocenters. The Labute approximate surface area is 115 Å². The number of para-hydroxylation sites is 1. The Balaban J connectivity index is 1.90. The number of epoxide rings is 1. The van der Waals surface area contributed by atoms with Crippen LogP contribution in [0.25, 0.3) is 10.2 Å². The lowest BCUT2D eigenvalue weighted by Gasteiger charge is -2.09. The van der Waals surface area contributed by atoms with Crippen molar-refractivity contribution >= 4 is 21.6 Å². The number of hydrogen-bond acceptors (Lipinski definition) is 3. The van der Waals surface area contributed by atoms with Crippen LogP contribution in [-0.2, 0) is 10.3 Å². The fourth-order valence-corrected chi connectivity index (χ4v) is 3.81. The first-order chi connectivity index (χ1) is 9.30. The van der Waals surface area contributed by atoms with Gasteiger partial charge in [-0.05, 0) is 24.6 Å². The Morgan fingerprint density at radius 3 is 2.42 bits per heavy atom. The van der Waals surface area contributed by atoms with Gasteiger partial charge >= 0.3 is 0 Å². The lowest BCUT2D eigenvalue weighted by atomic mass is 9.97. The van der Waals surface area contributed by atoms with Crippen molar-refractivity contribution in [3.05, 3.63) is 65.2 Å². The average molecular weight is 267 g/mol. The topological polar surface area (TPSA) is 25.4 Å². The molecular formula is C16H13NOS. The van der Waals surface area contributed by atoms with Crippen LogP contribution in [0.3, 0.4) is 0 Å². The van der Waals surface area contributed by atoms with Crippen LogP contribution in [0.4, 0.5) is 0 Å². The quantitative estimate of drug-likeness (QED) is 0.657. The molecule has 0 saturated carbocycles. The SMILES string of the molecule is C[C@@H]1O[C@]1(c1ccccc1)c1nc2ccccc2s1. The molecule has 19 heavy (non-hydrogen) atoms. The van der Waals surface area contributed by atoms with Crippen LogP contribution in [0.1, 0.15) is 17.5 Å². The zero-order valence-corrected chi connectivity index (χ0v) is 11.4. The molecular weight excluding hydrogens is 254 g/mol. The minimum atomic E-state index is -0.328. The van der Waals surface area contributed by atoms with Gasteiger partial charge < -0.3 is 4.74 Å². The molecule has 2 atom stereocenters. The molecule has 0 N–H and O–H groups in total. The Morgan fingerprint density at radius 1 is 1.05 bits per heavy atom. The predicted molar refractivity (Wildman–Crippen MR) is 77.4 cm³/mol. The molecule has 1 aliphatic heterocycles. The number of rotatable bonds is 2. The molecule has 2 nitrogen and oxygen atoms in total. The minimum Gasteiger partial charge on any atom is -0.353 e. The largest absolute Gasteiger partial charge is 0.353 e. The third kappa shape index (κ3) is 1.55. The van der Waals surface area contributed by atoms with Gasteiger partial charge in [0.15, 0.2) is 5.60 Å². The van der Waals surface area contributed by atoms with Gasteiger partial charge in [-0.3, -0.25) is 0 Å². The third-order valence-electron chi connectivity index (χ3n) is 3.69. The zero-order valence-electron chi connectivity index (χ0n) is 10.5. The van der Waals surface area contributed by atoms with Gasteiger partial charge in [-0.25, -0.2) is 4.98 Å². The Kier molecular flexibility index (Phi) is 2.28. The first kappa shape index (κ1) is 11.1.